The predicted molar refractivity (Wildman–Crippen MR) is 95.8 cm³/mol. The molecule has 0 unspecified atom stereocenters. The van der Waals surface area contributed by atoms with Crippen molar-refractivity contribution in [2.45, 2.75) is 4.87 Å². The van der Waals surface area contributed by atoms with Gasteiger partial charge in [0, 0.05) is 26.4 Å². The van der Waals surface area contributed by atoms with Gasteiger partial charge in [0.1, 0.15) is 0 Å². The van der Waals surface area contributed by atoms with Crippen molar-refractivity contribution in [3.05, 3.63) is 57.5 Å². The minimum absolute atomic E-state index is 0.0969. The number of amides is 2. The Hall–Kier alpha value is -1.50. The molecule has 0 saturated carbocycles. The Morgan fingerprint density at radius 1 is 1.17 bits per heavy atom. The van der Waals surface area contributed by atoms with Crippen LogP contribution in [0.1, 0.15) is 5.56 Å². The number of carbonyl (C=O) groups is 2. The first kappa shape index (κ1) is 15.1. The number of carbonyl (C=O) groups excluding carboxylic acids is 2. The molecule has 0 radical (unpaired) electrons. The smallest absolute Gasteiger partial charge is 0.266 e. The lowest BCUT2D eigenvalue weighted by atomic mass is 10.0. The molecular weight excluding hydrogens is 400 g/mol. The van der Waals surface area contributed by atoms with E-state index >= 15 is 0 Å². The highest BCUT2D eigenvalue weighted by Crippen LogP contribution is 2.54. The zero-order valence-electron chi connectivity index (χ0n) is 11.7. The van der Waals surface area contributed by atoms with Crippen molar-refractivity contribution in [2.24, 2.45) is 0 Å². The summed E-state index contributed by atoms with van der Waals surface area (Å²) in [5, 5.41) is 3.47. The van der Waals surface area contributed by atoms with Crippen molar-refractivity contribution < 1.29 is 9.59 Å². The van der Waals surface area contributed by atoms with Crippen molar-refractivity contribution in [1.82, 2.24) is 0 Å². The number of hydrogen-bond donors (Lipinski definition) is 1. The quantitative estimate of drug-likeness (QED) is 0.775. The lowest BCUT2D eigenvalue weighted by Crippen LogP contribution is -2.47. The van der Waals surface area contributed by atoms with E-state index in [0.717, 1.165) is 15.7 Å². The van der Waals surface area contributed by atoms with Crippen LogP contribution in [0.2, 0.25) is 5.02 Å². The molecule has 1 saturated heterocycles. The van der Waals surface area contributed by atoms with Gasteiger partial charge in [0.2, 0.25) is 10.8 Å². The molecule has 0 aromatic heterocycles. The van der Waals surface area contributed by atoms with Gasteiger partial charge < -0.3 is 5.32 Å². The molecule has 1 atom stereocenters. The van der Waals surface area contributed by atoms with Gasteiger partial charge >= 0.3 is 0 Å². The largest absolute Gasteiger partial charge is 0.323 e. The van der Waals surface area contributed by atoms with Crippen LogP contribution in [0, 0.1) is 0 Å². The van der Waals surface area contributed by atoms with Gasteiger partial charge in [0.05, 0.1) is 5.75 Å². The van der Waals surface area contributed by atoms with E-state index < -0.39 is 4.87 Å². The summed E-state index contributed by atoms with van der Waals surface area (Å²) in [6.45, 7) is 0. The van der Waals surface area contributed by atoms with Crippen molar-refractivity contribution in [2.75, 3.05) is 16.0 Å². The van der Waals surface area contributed by atoms with Crippen molar-refractivity contribution in [3.8, 4) is 0 Å². The molecule has 23 heavy (non-hydrogen) atoms. The number of fused-ring (bicyclic) bond motifs is 2. The van der Waals surface area contributed by atoms with E-state index in [1.165, 1.54) is 11.8 Å². The molecule has 2 aromatic carbocycles. The number of halogens is 2. The van der Waals surface area contributed by atoms with E-state index in [2.05, 4.69) is 21.2 Å². The minimum atomic E-state index is -1.07. The second-order valence-corrected chi connectivity index (χ2v) is 7.80. The Bertz CT molecular complexity index is 842. The summed E-state index contributed by atoms with van der Waals surface area (Å²) in [6, 6.07) is 12.6. The van der Waals surface area contributed by atoms with Crippen LogP contribution in [0.5, 0.6) is 0 Å². The van der Waals surface area contributed by atoms with Gasteiger partial charge in [-0.1, -0.05) is 27.5 Å². The molecule has 2 aromatic rings. The fraction of sp³-hybridized carbons (Fsp3) is 0.125. The fourth-order valence-electron chi connectivity index (χ4n) is 2.99. The van der Waals surface area contributed by atoms with Gasteiger partial charge in [-0.05, 0) is 42.5 Å². The van der Waals surface area contributed by atoms with Gasteiger partial charge in [0.15, 0.2) is 0 Å². The normalized spacial score (nSPS) is 22.6. The zero-order chi connectivity index (χ0) is 16.2. The summed E-state index contributed by atoms with van der Waals surface area (Å²) in [5.74, 6) is -0.0427. The molecule has 0 bridgehead atoms. The van der Waals surface area contributed by atoms with E-state index in [9.17, 15) is 9.59 Å². The van der Waals surface area contributed by atoms with Crippen LogP contribution < -0.4 is 10.2 Å². The summed E-state index contributed by atoms with van der Waals surface area (Å²) in [5.41, 5.74) is 2.19. The van der Waals surface area contributed by atoms with E-state index in [0.29, 0.717) is 10.7 Å². The summed E-state index contributed by atoms with van der Waals surface area (Å²) < 4.78 is 0.864. The Kier molecular flexibility index (Phi) is 3.44. The summed E-state index contributed by atoms with van der Waals surface area (Å²) in [4.78, 5) is 25.8. The van der Waals surface area contributed by atoms with Gasteiger partial charge in [-0.15, -0.1) is 11.8 Å². The second-order valence-electron chi connectivity index (χ2n) is 5.28. The minimum Gasteiger partial charge on any atom is -0.323 e. The highest BCUT2D eigenvalue weighted by atomic mass is 79.9. The molecule has 1 N–H and O–H groups in total. The Labute approximate surface area is 150 Å². The molecule has 0 aliphatic carbocycles. The maximum Gasteiger partial charge on any atom is 0.266 e. The van der Waals surface area contributed by atoms with Gasteiger partial charge in [-0.25, -0.2) is 0 Å². The molecule has 2 aliphatic rings. The lowest BCUT2D eigenvalue weighted by Gasteiger charge is -2.32. The van der Waals surface area contributed by atoms with Gasteiger partial charge in [0.25, 0.3) is 5.91 Å². The number of hydrogen-bond acceptors (Lipinski definition) is 3. The van der Waals surface area contributed by atoms with Crippen LogP contribution in [-0.4, -0.2) is 17.6 Å². The number of nitrogens with one attached hydrogen (secondary N) is 1. The van der Waals surface area contributed by atoms with Crippen LogP contribution in [-0.2, 0) is 14.5 Å². The maximum atomic E-state index is 12.8. The third-order valence-corrected chi connectivity index (χ3v) is 6.10. The first-order chi connectivity index (χ1) is 11.0. The topological polar surface area (TPSA) is 49.4 Å². The van der Waals surface area contributed by atoms with Gasteiger partial charge in [-0.2, -0.15) is 0 Å². The highest BCUT2D eigenvalue weighted by molar-refractivity contribution is 9.10. The van der Waals surface area contributed by atoms with Crippen LogP contribution in [0.3, 0.4) is 0 Å². The summed E-state index contributed by atoms with van der Waals surface area (Å²) in [6.07, 6.45) is 0. The van der Waals surface area contributed by atoms with Crippen molar-refractivity contribution in [1.29, 1.82) is 0 Å². The average Bonchev–Trinajstić information content (AvgIpc) is 3.01. The average molecular weight is 410 g/mol. The molecule has 2 heterocycles. The van der Waals surface area contributed by atoms with Crippen LogP contribution in [0.15, 0.2) is 46.9 Å². The number of anilines is 2. The van der Waals surface area contributed by atoms with Gasteiger partial charge in [-0.3, -0.25) is 14.5 Å². The number of benzene rings is 2. The SMILES string of the molecule is O=C1CS[C@@]2(C(=O)Nc3ccc(Br)cc32)N1c1ccc(Cl)cc1. The molecule has 116 valence electrons. The molecule has 2 amide bonds. The number of nitrogens with zero attached hydrogens (tertiary/aromatic N) is 1. The predicted octanol–water partition coefficient (Wildman–Crippen LogP) is 3.99. The molecule has 7 heteroatoms. The van der Waals surface area contributed by atoms with Crippen molar-refractivity contribution in [3.63, 3.8) is 0 Å². The first-order valence-corrected chi connectivity index (χ1v) is 9.02. The first-order valence-electron chi connectivity index (χ1n) is 6.86. The standard InChI is InChI=1S/C16H10BrClN2O2S/c17-9-1-6-13-12(7-9)16(15(22)19-13)20(14(21)8-23-16)11-4-2-10(18)3-5-11/h1-7H,8H2,(H,19,22)/t16-/m0/s1. The molecular formula is C16H10BrClN2O2S. The molecule has 4 nitrogen and oxygen atoms in total. The van der Waals surface area contributed by atoms with E-state index in [-0.39, 0.29) is 17.6 Å². The fourth-order valence-corrected chi connectivity index (χ4v) is 4.78. The Morgan fingerprint density at radius 2 is 1.91 bits per heavy atom. The summed E-state index contributed by atoms with van der Waals surface area (Å²) in [7, 11) is 0. The molecule has 1 spiro atoms. The lowest BCUT2D eigenvalue weighted by molar-refractivity contribution is -0.122. The summed E-state index contributed by atoms with van der Waals surface area (Å²) >= 11 is 10.7. The maximum absolute atomic E-state index is 12.8. The third kappa shape index (κ3) is 2.12. The van der Waals surface area contributed by atoms with E-state index in [1.54, 1.807) is 29.2 Å². The molecule has 2 aliphatic heterocycles. The highest BCUT2D eigenvalue weighted by Gasteiger charge is 2.58. The van der Waals surface area contributed by atoms with E-state index in [4.69, 9.17) is 11.6 Å². The Morgan fingerprint density at radius 3 is 2.65 bits per heavy atom. The van der Waals surface area contributed by atoms with Crippen LogP contribution >= 0.6 is 39.3 Å². The van der Waals surface area contributed by atoms with Crippen LogP contribution in [0.4, 0.5) is 11.4 Å². The Balaban J connectivity index is 1.93. The second kappa shape index (κ2) is 5.26. The molecule has 4 rings (SSSR count). The molecule has 1 fully saturated rings. The van der Waals surface area contributed by atoms with E-state index in [1.807, 2.05) is 18.2 Å². The number of thioether (sulfide) groups is 1. The van der Waals surface area contributed by atoms with Crippen LogP contribution in [0.25, 0.3) is 0 Å². The zero-order valence-corrected chi connectivity index (χ0v) is 14.8. The number of rotatable bonds is 1. The third-order valence-electron chi connectivity index (χ3n) is 3.96. The van der Waals surface area contributed by atoms with Crippen molar-refractivity contribution >= 4 is 62.5 Å². The monoisotopic (exact) mass is 408 g/mol.